The van der Waals surface area contributed by atoms with Gasteiger partial charge in [-0.15, -0.1) is 0 Å². The number of aromatic nitrogens is 2. The van der Waals surface area contributed by atoms with E-state index in [0.717, 1.165) is 30.7 Å². The highest BCUT2D eigenvalue weighted by molar-refractivity contribution is 5.98. The van der Waals surface area contributed by atoms with Gasteiger partial charge in [0.2, 0.25) is 0 Å². The molecule has 0 radical (unpaired) electrons. The van der Waals surface area contributed by atoms with E-state index in [-0.39, 0.29) is 17.8 Å². The van der Waals surface area contributed by atoms with Crippen LogP contribution in [0, 0.1) is 0 Å². The molecule has 1 aromatic heterocycles. The number of alkyl halides is 3. The highest BCUT2D eigenvalue weighted by atomic mass is 19.4. The van der Waals surface area contributed by atoms with Crippen molar-refractivity contribution in [1.29, 1.82) is 0 Å². The van der Waals surface area contributed by atoms with Crippen LogP contribution in [-0.2, 0) is 4.74 Å². The van der Waals surface area contributed by atoms with Crippen LogP contribution in [0.25, 0.3) is 0 Å². The van der Waals surface area contributed by atoms with Crippen molar-refractivity contribution in [2.45, 2.75) is 31.1 Å². The maximum atomic E-state index is 13.9. The fraction of sp³-hybridized carbons (Fsp3) is 0.545. The Bertz CT molecular complexity index is 959. The third kappa shape index (κ3) is 5.41. The number of benzene rings is 1. The van der Waals surface area contributed by atoms with Crippen LogP contribution in [0.2, 0.25) is 0 Å². The predicted molar refractivity (Wildman–Crippen MR) is 116 cm³/mol. The van der Waals surface area contributed by atoms with Crippen LogP contribution in [-0.4, -0.2) is 73.3 Å². The summed E-state index contributed by atoms with van der Waals surface area (Å²) in [5.74, 6) is 0.176. The first-order valence-electron chi connectivity index (χ1n) is 11.0. The number of carbonyl (C=O) groups is 1. The monoisotopic (exact) mass is 467 g/mol. The number of halogens is 3. The smallest absolute Gasteiger partial charge is 0.410 e. The number of fused-ring (bicyclic) bond motifs is 1. The number of carbonyl (C=O) groups excluding carboxylic acids is 1. The first kappa shape index (κ1) is 23.4. The Morgan fingerprint density at radius 1 is 1.33 bits per heavy atom. The molecule has 0 spiro atoms. The molecule has 1 saturated heterocycles. The fourth-order valence-corrected chi connectivity index (χ4v) is 4.23. The molecule has 0 saturated carbocycles. The standard InChI is InChI=1S/C22H28F3N5O3/c1-32-16-5-2-4-15(12-16)18-13-19(22(23,24)25)30-20(28-18)17(14-27-30)21(31)26-6-3-7-29-8-10-33-11-9-29/h2,4-5,12,14,18-19,28H,3,6-11,13H2,1H3,(H,26,31)/t18-,19-/m0/s1. The summed E-state index contributed by atoms with van der Waals surface area (Å²) in [7, 11) is 1.50. The van der Waals surface area contributed by atoms with Crippen LogP contribution in [0.3, 0.4) is 0 Å². The molecule has 4 rings (SSSR count). The van der Waals surface area contributed by atoms with E-state index in [2.05, 4.69) is 20.6 Å². The lowest BCUT2D eigenvalue weighted by atomic mass is 9.96. The average Bonchev–Trinajstić information content (AvgIpc) is 3.25. The molecule has 1 fully saturated rings. The van der Waals surface area contributed by atoms with Gasteiger partial charge in [-0.1, -0.05) is 12.1 Å². The number of nitrogens with zero attached hydrogens (tertiary/aromatic N) is 3. The maximum Gasteiger partial charge on any atom is 0.410 e. The highest BCUT2D eigenvalue weighted by Crippen LogP contribution is 2.44. The highest BCUT2D eigenvalue weighted by Gasteiger charge is 2.47. The van der Waals surface area contributed by atoms with E-state index >= 15 is 0 Å². The quantitative estimate of drug-likeness (QED) is 0.610. The molecule has 1 aromatic carbocycles. The van der Waals surface area contributed by atoms with Gasteiger partial charge in [-0.2, -0.15) is 18.3 Å². The minimum Gasteiger partial charge on any atom is -0.497 e. The minimum atomic E-state index is -4.51. The van der Waals surface area contributed by atoms with Crippen LogP contribution in [0.1, 0.15) is 40.8 Å². The van der Waals surface area contributed by atoms with E-state index in [4.69, 9.17) is 9.47 Å². The number of methoxy groups -OCH3 is 1. The normalized spacial score (nSPS) is 21.2. The van der Waals surface area contributed by atoms with Crippen LogP contribution < -0.4 is 15.4 Å². The summed E-state index contributed by atoms with van der Waals surface area (Å²) in [4.78, 5) is 15.0. The van der Waals surface area contributed by atoms with Crippen molar-refractivity contribution in [1.82, 2.24) is 20.0 Å². The zero-order valence-corrected chi connectivity index (χ0v) is 18.4. The van der Waals surface area contributed by atoms with E-state index < -0.39 is 24.2 Å². The minimum absolute atomic E-state index is 0.0714. The van der Waals surface area contributed by atoms with Gasteiger partial charge >= 0.3 is 6.18 Å². The van der Waals surface area contributed by atoms with E-state index in [9.17, 15) is 18.0 Å². The summed E-state index contributed by atoms with van der Waals surface area (Å²) in [6.07, 6.45) is -2.82. The molecule has 0 bridgehead atoms. The van der Waals surface area contributed by atoms with E-state index in [0.29, 0.717) is 31.1 Å². The second-order valence-electron chi connectivity index (χ2n) is 8.18. The zero-order valence-electron chi connectivity index (χ0n) is 18.4. The maximum absolute atomic E-state index is 13.9. The third-order valence-electron chi connectivity index (χ3n) is 6.02. The van der Waals surface area contributed by atoms with E-state index in [1.807, 2.05) is 0 Å². The number of ether oxygens (including phenoxy) is 2. The molecule has 2 aliphatic rings. The fourth-order valence-electron chi connectivity index (χ4n) is 4.23. The summed E-state index contributed by atoms with van der Waals surface area (Å²) in [6, 6.07) is 4.41. The molecule has 33 heavy (non-hydrogen) atoms. The van der Waals surface area contributed by atoms with Crippen molar-refractivity contribution < 1.29 is 27.4 Å². The molecular formula is C22H28F3N5O3. The predicted octanol–water partition coefficient (Wildman–Crippen LogP) is 3.00. The number of morpholine rings is 1. The van der Waals surface area contributed by atoms with Gasteiger partial charge < -0.3 is 20.1 Å². The Hall–Kier alpha value is -2.79. The van der Waals surface area contributed by atoms with Gasteiger partial charge in [-0.25, -0.2) is 4.68 Å². The Kier molecular flexibility index (Phi) is 7.08. The second kappa shape index (κ2) is 10.0. The lowest BCUT2D eigenvalue weighted by Gasteiger charge is -2.34. The van der Waals surface area contributed by atoms with Crippen molar-refractivity contribution in [3.05, 3.63) is 41.6 Å². The van der Waals surface area contributed by atoms with Gasteiger partial charge in [0.1, 0.15) is 17.1 Å². The number of hydrogen-bond acceptors (Lipinski definition) is 6. The number of rotatable bonds is 7. The molecule has 1 amide bonds. The van der Waals surface area contributed by atoms with Crippen molar-refractivity contribution in [2.75, 3.05) is 51.8 Å². The summed E-state index contributed by atoms with van der Waals surface area (Å²) >= 11 is 0. The Balaban J connectivity index is 1.48. The first-order chi connectivity index (χ1) is 15.9. The third-order valence-corrected chi connectivity index (χ3v) is 6.02. The molecule has 2 N–H and O–H groups in total. The lowest BCUT2D eigenvalue weighted by molar-refractivity contribution is -0.173. The molecule has 180 valence electrons. The molecule has 2 atom stereocenters. The summed E-state index contributed by atoms with van der Waals surface area (Å²) in [6.45, 7) is 4.37. The summed E-state index contributed by atoms with van der Waals surface area (Å²) in [5.41, 5.74) is 0.746. The van der Waals surface area contributed by atoms with Gasteiger partial charge in [0.25, 0.3) is 5.91 Å². The van der Waals surface area contributed by atoms with Crippen molar-refractivity contribution >= 4 is 11.7 Å². The van der Waals surface area contributed by atoms with E-state index in [1.54, 1.807) is 24.3 Å². The van der Waals surface area contributed by atoms with E-state index in [1.165, 1.54) is 13.3 Å². The van der Waals surface area contributed by atoms with Crippen LogP contribution in [0.4, 0.5) is 19.0 Å². The SMILES string of the molecule is COc1cccc([C@@H]2C[C@@H](C(F)(F)F)n3ncc(C(=O)NCCCN4CCOCC4)c3N2)c1. The number of hydrogen-bond donors (Lipinski definition) is 2. The summed E-state index contributed by atoms with van der Waals surface area (Å²) < 4.78 is 53.0. The second-order valence-corrected chi connectivity index (χ2v) is 8.18. The largest absolute Gasteiger partial charge is 0.497 e. The topological polar surface area (TPSA) is 80.7 Å². The first-order valence-corrected chi connectivity index (χ1v) is 11.0. The number of nitrogens with one attached hydrogen (secondary N) is 2. The Labute approximate surface area is 190 Å². The van der Waals surface area contributed by atoms with Crippen LogP contribution in [0.15, 0.2) is 30.5 Å². The zero-order chi connectivity index (χ0) is 23.4. The Morgan fingerprint density at radius 2 is 2.12 bits per heavy atom. The molecule has 2 aromatic rings. The molecule has 3 heterocycles. The molecule has 11 heteroatoms. The molecule has 8 nitrogen and oxygen atoms in total. The molecule has 0 aliphatic carbocycles. The van der Waals surface area contributed by atoms with Crippen LogP contribution in [0.5, 0.6) is 5.75 Å². The molecule has 2 aliphatic heterocycles. The average molecular weight is 467 g/mol. The number of anilines is 1. The van der Waals surface area contributed by atoms with Crippen molar-refractivity contribution in [3.8, 4) is 5.75 Å². The van der Waals surface area contributed by atoms with Crippen molar-refractivity contribution in [2.24, 2.45) is 0 Å². The van der Waals surface area contributed by atoms with Crippen molar-refractivity contribution in [3.63, 3.8) is 0 Å². The van der Waals surface area contributed by atoms with Gasteiger partial charge in [-0.3, -0.25) is 9.69 Å². The van der Waals surface area contributed by atoms with Gasteiger partial charge in [0.05, 0.1) is 32.6 Å². The lowest BCUT2D eigenvalue weighted by Crippen LogP contribution is -2.38. The van der Waals surface area contributed by atoms with Gasteiger partial charge in [0, 0.05) is 26.1 Å². The van der Waals surface area contributed by atoms with Crippen LogP contribution >= 0.6 is 0 Å². The summed E-state index contributed by atoms with van der Waals surface area (Å²) in [5, 5.41) is 9.83. The molecular weight excluding hydrogens is 439 g/mol. The molecule has 0 unspecified atom stereocenters. The van der Waals surface area contributed by atoms with Gasteiger partial charge in [-0.05, 0) is 30.7 Å². The Morgan fingerprint density at radius 3 is 2.85 bits per heavy atom. The van der Waals surface area contributed by atoms with Gasteiger partial charge in [0.15, 0.2) is 6.04 Å². The number of amides is 1.